The van der Waals surface area contributed by atoms with Crippen LogP contribution in [0.1, 0.15) is 44.1 Å². The molecule has 24 heavy (non-hydrogen) atoms. The number of amides is 1. The molecule has 2 fully saturated rings. The molecule has 2 aliphatic heterocycles. The lowest BCUT2D eigenvalue weighted by Gasteiger charge is -2.34. The van der Waals surface area contributed by atoms with E-state index in [0.29, 0.717) is 5.91 Å². The third-order valence-electron chi connectivity index (χ3n) is 5.34. The second-order valence-electron chi connectivity index (χ2n) is 7.16. The molecule has 132 valence electrons. The van der Waals surface area contributed by atoms with Crippen LogP contribution in [-0.2, 0) is 11.3 Å². The molecule has 2 heterocycles. The predicted octanol–water partition coefficient (Wildman–Crippen LogP) is 4.02. The Bertz CT molecular complexity index is 523. The van der Waals surface area contributed by atoms with Crippen LogP contribution in [0.5, 0.6) is 0 Å². The van der Waals surface area contributed by atoms with E-state index in [1.54, 1.807) is 11.8 Å². The minimum absolute atomic E-state index is 0.210. The molecule has 0 aromatic heterocycles. The zero-order valence-corrected chi connectivity index (χ0v) is 15.7. The third-order valence-corrected chi connectivity index (χ3v) is 6.08. The van der Waals surface area contributed by atoms with E-state index >= 15 is 0 Å². The second-order valence-corrected chi connectivity index (χ2v) is 8.04. The van der Waals surface area contributed by atoms with Gasteiger partial charge in [-0.2, -0.15) is 0 Å². The molecule has 0 radical (unpaired) electrons. The number of carbonyl (C=O) groups excluding carboxylic acids is 1. The van der Waals surface area contributed by atoms with Crippen LogP contribution in [0, 0.1) is 5.92 Å². The van der Waals surface area contributed by atoms with E-state index in [1.165, 1.54) is 36.1 Å². The molecule has 0 bridgehead atoms. The van der Waals surface area contributed by atoms with Crippen molar-refractivity contribution in [2.24, 2.45) is 5.92 Å². The van der Waals surface area contributed by atoms with E-state index < -0.39 is 0 Å². The van der Waals surface area contributed by atoms with E-state index in [-0.39, 0.29) is 5.92 Å². The molecule has 3 rings (SSSR count). The van der Waals surface area contributed by atoms with Crippen molar-refractivity contribution >= 4 is 17.7 Å². The SMILES string of the molecule is CSc1ccc(CN2CCC[C@@H](C(=O)N3CCCCCC3)C2)cc1. The summed E-state index contributed by atoms with van der Waals surface area (Å²) in [5.41, 5.74) is 1.36. The van der Waals surface area contributed by atoms with E-state index in [4.69, 9.17) is 0 Å². The van der Waals surface area contributed by atoms with Gasteiger partial charge >= 0.3 is 0 Å². The molecule has 4 heteroatoms. The smallest absolute Gasteiger partial charge is 0.226 e. The fourth-order valence-corrected chi connectivity index (χ4v) is 4.35. The maximum atomic E-state index is 12.9. The van der Waals surface area contributed by atoms with Gasteiger partial charge in [0.2, 0.25) is 5.91 Å². The van der Waals surface area contributed by atoms with Crippen LogP contribution in [0.15, 0.2) is 29.2 Å². The molecule has 1 amide bonds. The number of benzene rings is 1. The summed E-state index contributed by atoms with van der Waals surface area (Å²) in [6, 6.07) is 8.85. The number of hydrogen-bond acceptors (Lipinski definition) is 3. The summed E-state index contributed by atoms with van der Waals surface area (Å²) in [6.45, 7) is 4.98. The number of thioether (sulfide) groups is 1. The highest BCUT2D eigenvalue weighted by Gasteiger charge is 2.29. The van der Waals surface area contributed by atoms with Crippen LogP contribution in [0.3, 0.4) is 0 Å². The molecule has 1 aromatic rings. The molecule has 1 aromatic carbocycles. The molecule has 0 aliphatic carbocycles. The molecule has 0 spiro atoms. The van der Waals surface area contributed by atoms with Gasteiger partial charge in [-0.1, -0.05) is 25.0 Å². The second kappa shape index (κ2) is 8.91. The van der Waals surface area contributed by atoms with Crippen molar-refractivity contribution in [3.63, 3.8) is 0 Å². The Morgan fingerprint density at radius 2 is 1.75 bits per heavy atom. The van der Waals surface area contributed by atoms with Gasteiger partial charge in [0, 0.05) is 31.1 Å². The van der Waals surface area contributed by atoms with Crippen molar-refractivity contribution in [2.75, 3.05) is 32.4 Å². The van der Waals surface area contributed by atoms with Crippen molar-refractivity contribution in [1.82, 2.24) is 9.80 Å². The van der Waals surface area contributed by atoms with Crippen LogP contribution in [0.4, 0.5) is 0 Å². The van der Waals surface area contributed by atoms with E-state index in [1.807, 2.05) is 0 Å². The van der Waals surface area contributed by atoms with Crippen molar-refractivity contribution in [3.8, 4) is 0 Å². The van der Waals surface area contributed by atoms with Gasteiger partial charge in [0.15, 0.2) is 0 Å². The Morgan fingerprint density at radius 3 is 2.42 bits per heavy atom. The quantitative estimate of drug-likeness (QED) is 0.769. The summed E-state index contributed by atoms with van der Waals surface area (Å²) in [5, 5.41) is 0. The molecule has 0 saturated carbocycles. The first-order chi connectivity index (χ1) is 11.8. The Morgan fingerprint density at radius 1 is 1.04 bits per heavy atom. The number of nitrogens with zero attached hydrogens (tertiary/aromatic N) is 2. The summed E-state index contributed by atoms with van der Waals surface area (Å²) < 4.78 is 0. The molecule has 2 saturated heterocycles. The number of carbonyl (C=O) groups is 1. The first-order valence-corrected chi connectivity index (χ1v) is 10.6. The van der Waals surface area contributed by atoms with Gasteiger partial charge in [-0.15, -0.1) is 11.8 Å². The number of rotatable bonds is 4. The van der Waals surface area contributed by atoms with Gasteiger partial charge < -0.3 is 4.90 Å². The lowest BCUT2D eigenvalue weighted by molar-refractivity contribution is -0.137. The van der Waals surface area contributed by atoms with E-state index in [2.05, 4.69) is 40.3 Å². The Balaban J connectivity index is 1.55. The average Bonchev–Trinajstić information content (AvgIpc) is 2.91. The fraction of sp³-hybridized carbons (Fsp3) is 0.650. The van der Waals surface area contributed by atoms with Crippen molar-refractivity contribution < 1.29 is 4.79 Å². The summed E-state index contributed by atoms with van der Waals surface area (Å²) in [4.78, 5) is 18.8. The average molecular weight is 347 g/mol. The summed E-state index contributed by atoms with van der Waals surface area (Å²) in [5.74, 6) is 0.627. The Labute approximate surface area is 150 Å². The molecule has 2 aliphatic rings. The molecule has 1 atom stereocenters. The highest BCUT2D eigenvalue weighted by atomic mass is 32.2. The van der Waals surface area contributed by atoms with Gasteiger partial charge in [-0.25, -0.2) is 0 Å². The van der Waals surface area contributed by atoms with Crippen molar-refractivity contribution in [3.05, 3.63) is 29.8 Å². The Hall–Kier alpha value is -1.00. The van der Waals surface area contributed by atoms with Gasteiger partial charge in [0.1, 0.15) is 0 Å². The van der Waals surface area contributed by atoms with Crippen LogP contribution >= 0.6 is 11.8 Å². The highest BCUT2D eigenvalue weighted by molar-refractivity contribution is 7.98. The van der Waals surface area contributed by atoms with Crippen molar-refractivity contribution in [1.29, 1.82) is 0 Å². The zero-order chi connectivity index (χ0) is 16.8. The van der Waals surface area contributed by atoms with Crippen LogP contribution in [0.2, 0.25) is 0 Å². The maximum absolute atomic E-state index is 12.9. The number of likely N-dealkylation sites (tertiary alicyclic amines) is 2. The molecular formula is C20H30N2OS. The normalized spacial score (nSPS) is 23.0. The van der Waals surface area contributed by atoms with Gasteiger partial charge in [-0.05, 0) is 56.2 Å². The summed E-state index contributed by atoms with van der Waals surface area (Å²) >= 11 is 1.78. The monoisotopic (exact) mass is 346 g/mol. The molecular weight excluding hydrogens is 316 g/mol. The van der Waals surface area contributed by atoms with E-state index in [0.717, 1.165) is 45.6 Å². The maximum Gasteiger partial charge on any atom is 0.226 e. The molecule has 0 N–H and O–H groups in total. The first kappa shape index (κ1) is 17.8. The minimum atomic E-state index is 0.210. The Kier molecular flexibility index (Phi) is 6.61. The first-order valence-electron chi connectivity index (χ1n) is 9.40. The molecule has 3 nitrogen and oxygen atoms in total. The van der Waals surface area contributed by atoms with Crippen LogP contribution in [0.25, 0.3) is 0 Å². The summed E-state index contributed by atoms with van der Waals surface area (Å²) in [7, 11) is 0. The molecule has 0 unspecified atom stereocenters. The minimum Gasteiger partial charge on any atom is -0.342 e. The van der Waals surface area contributed by atoms with Crippen LogP contribution in [-0.4, -0.2) is 48.1 Å². The van der Waals surface area contributed by atoms with Crippen LogP contribution < -0.4 is 0 Å². The zero-order valence-electron chi connectivity index (χ0n) is 14.9. The highest BCUT2D eigenvalue weighted by Crippen LogP contribution is 2.23. The summed E-state index contributed by atoms with van der Waals surface area (Å²) in [6.07, 6.45) is 9.26. The lowest BCUT2D eigenvalue weighted by Crippen LogP contribution is -2.44. The fourth-order valence-electron chi connectivity index (χ4n) is 3.94. The lowest BCUT2D eigenvalue weighted by atomic mass is 9.96. The predicted molar refractivity (Wildman–Crippen MR) is 101 cm³/mol. The largest absolute Gasteiger partial charge is 0.342 e. The van der Waals surface area contributed by atoms with E-state index in [9.17, 15) is 4.79 Å². The van der Waals surface area contributed by atoms with Gasteiger partial charge in [0.25, 0.3) is 0 Å². The van der Waals surface area contributed by atoms with Crippen molar-refractivity contribution in [2.45, 2.75) is 50.0 Å². The number of hydrogen-bond donors (Lipinski definition) is 0. The van der Waals surface area contributed by atoms with Gasteiger partial charge in [0.05, 0.1) is 5.92 Å². The third kappa shape index (κ3) is 4.76. The number of piperidine rings is 1. The topological polar surface area (TPSA) is 23.6 Å². The van der Waals surface area contributed by atoms with Gasteiger partial charge in [-0.3, -0.25) is 9.69 Å². The standard InChI is InChI=1S/C20H30N2OS/c1-24-19-10-8-17(9-11-19)15-21-12-6-7-18(16-21)20(23)22-13-4-2-3-5-14-22/h8-11,18H,2-7,12-16H2,1H3/t18-/m1/s1.